The molecule has 0 spiro atoms. The number of thiophene rings is 1. The molecule has 0 N–H and O–H groups in total. The largest absolute Gasteiger partial charge is 0.287 e. The first-order chi connectivity index (χ1) is 8.27. The molecule has 84 valence electrons. The number of aromatic nitrogens is 2. The minimum Gasteiger partial charge on any atom is -0.287 e. The Labute approximate surface area is 102 Å². The van der Waals surface area contributed by atoms with E-state index in [0.717, 1.165) is 15.6 Å². The first-order valence-electron chi connectivity index (χ1n) is 5.26. The molecule has 0 bridgehead atoms. The van der Waals surface area contributed by atoms with E-state index < -0.39 is 0 Å². The number of aryl methyl sites for hydroxylation is 1. The molecule has 0 saturated carbocycles. The maximum atomic E-state index is 12.4. The van der Waals surface area contributed by atoms with Crippen LogP contribution in [0.1, 0.15) is 16.1 Å². The molecular weight excluding hydrogens is 232 g/mol. The zero-order valence-corrected chi connectivity index (χ0v) is 10.1. The van der Waals surface area contributed by atoms with Gasteiger partial charge in [-0.3, -0.25) is 9.48 Å². The van der Waals surface area contributed by atoms with Gasteiger partial charge in [0.25, 0.3) is 0 Å². The maximum absolute atomic E-state index is 12.4. The summed E-state index contributed by atoms with van der Waals surface area (Å²) in [6.07, 6.45) is 1.64. The molecule has 2 aromatic heterocycles. The molecular formula is C13H10N2OS. The predicted octanol–water partition coefficient (Wildman–Crippen LogP) is 2.87. The summed E-state index contributed by atoms with van der Waals surface area (Å²) in [5.74, 6) is 0.0260. The van der Waals surface area contributed by atoms with Crippen LogP contribution >= 0.6 is 11.3 Å². The SMILES string of the molecule is Cn1nccc1C(=O)c1cccc2ccsc12. The van der Waals surface area contributed by atoms with Gasteiger partial charge in [-0.05, 0) is 29.0 Å². The van der Waals surface area contributed by atoms with Crippen molar-refractivity contribution in [1.29, 1.82) is 0 Å². The van der Waals surface area contributed by atoms with Gasteiger partial charge in [-0.15, -0.1) is 11.3 Å². The summed E-state index contributed by atoms with van der Waals surface area (Å²) in [6, 6.07) is 9.58. The van der Waals surface area contributed by atoms with E-state index in [-0.39, 0.29) is 5.78 Å². The third-order valence-electron chi connectivity index (χ3n) is 2.78. The molecule has 1 aromatic carbocycles. The van der Waals surface area contributed by atoms with Gasteiger partial charge in [0.05, 0.1) is 0 Å². The third-order valence-corrected chi connectivity index (χ3v) is 3.74. The Morgan fingerprint density at radius 1 is 1.29 bits per heavy atom. The highest BCUT2D eigenvalue weighted by Gasteiger charge is 2.15. The number of ketones is 1. The molecule has 0 aliphatic rings. The molecule has 0 saturated heterocycles. The zero-order chi connectivity index (χ0) is 11.8. The quantitative estimate of drug-likeness (QED) is 0.648. The molecule has 3 aromatic rings. The van der Waals surface area contributed by atoms with E-state index in [1.54, 1.807) is 35.3 Å². The van der Waals surface area contributed by atoms with Crippen LogP contribution in [0.2, 0.25) is 0 Å². The topological polar surface area (TPSA) is 34.9 Å². The van der Waals surface area contributed by atoms with E-state index in [1.165, 1.54) is 0 Å². The fourth-order valence-electron chi connectivity index (χ4n) is 1.91. The minimum atomic E-state index is 0.0260. The molecule has 0 radical (unpaired) electrons. The van der Waals surface area contributed by atoms with Crippen molar-refractivity contribution in [1.82, 2.24) is 9.78 Å². The number of hydrogen-bond donors (Lipinski definition) is 0. The number of nitrogens with zero attached hydrogens (tertiary/aromatic N) is 2. The Morgan fingerprint density at radius 2 is 2.18 bits per heavy atom. The fourth-order valence-corrected chi connectivity index (χ4v) is 2.82. The monoisotopic (exact) mass is 242 g/mol. The van der Waals surface area contributed by atoms with Crippen molar-refractivity contribution in [2.24, 2.45) is 7.05 Å². The van der Waals surface area contributed by atoms with Crippen molar-refractivity contribution in [2.75, 3.05) is 0 Å². The second-order valence-corrected chi connectivity index (χ2v) is 4.73. The number of fused-ring (bicyclic) bond motifs is 1. The lowest BCUT2D eigenvalue weighted by Crippen LogP contribution is -2.08. The van der Waals surface area contributed by atoms with E-state index >= 15 is 0 Å². The van der Waals surface area contributed by atoms with E-state index in [0.29, 0.717) is 5.69 Å². The molecule has 0 fully saturated rings. The predicted molar refractivity (Wildman–Crippen MR) is 68.5 cm³/mol. The van der Waals surface area contributed by atoms with Gasteiger partial charge in [-0.25, -0.2) is 0 Å². The van der Waals surface area contributed by atoms with Gasteiger partial charge in [0, 0.05) is 23.5 Å². The average Bonchev–Trinajstić information content (AvgIpc) is 2.95. The molecule has 2 heterocycles. The summed E-state index contributed by atoms with van der Waals surface area (Å²) in [4.78, 5) is 12.4. The molecule has 0 amide bonds. The highest BCUT2D eigenvalue weighted by molar-refractivity contribution is 7.17. The van der Waals surface area contributed by atoms with Crippen LogP contribution in [0, 0.1) is 0 Å². The van der Waals surface area contributed by atoms with Gasteiger partial charge in [0.15, 0.2) is 0 Å². The summed E-state index contributed by atoms with van der Waals surface area (Å²) < 4.78 is 2.65. The van der Waals surface area contributed by atoms with Crippen molar-refractivity contribution in [3.8, 4) is 0 Å². The van der Waals surface area contributed by atoms with Crippen molar-refractivity contribution in [2.45, 2.75) is 0 Å². The van der Waals surface area contributed by atoms with E-state index in [1.807, 2.05) is 29.6 Å². The first-order valence-corrected chi connectivity index (χ1v) is 6.14. The smallest absolute Gasteiger partial charge is 0.212 e. The van der Waals surface area contributed by atoms with Crippen LogP contribution in [-0.2, 0) is 7.05 Å². The summed E-state index contributed by atoms with van der Waals surface area (Å²) >= 11 is 1.59. The third kappa shape index (κ3) is 1.57. The number of carbonyl (C=O) groups excluding carboxylic acids is 1. The molecule has 3 rings (SSSR count). The lowest BCUT2D eigenvalue weighted by Gasteiger charge is -2.02. The summed E-state index contributed by atoms with van der Waals surface area (Å²) in [7, 11) is 1.78. The van der Waals surface area contributed by atoms with Crippen molar-refractivity contribution in [3.05, 3.63) is 53.2 Å². The Bertz CT molecular complexity index is 696. The Kier molecular flexibility index (Phi) is 2.30. The van der Waals surface area contributed by atoms with Crippen LogP contribution in [-0.4, -0.2) is 15.6 Å². The van der Waals surface area contributed by atoms with Crippen LogP contribution in [0.25, 0.3) is 10.1 Å². The minimum absolute atomic E-state index is 0.0260. The van der Waals surface area contributed by atoms with Gasteiger partial charge in [0.2, 0.25) is 5.78 Å². The second kappa shape index (κ2) is 3.82. The lowest BCUT2D eigenvalue weighted by atomic mass is 10.1. The molecule has 3 nitrogen and oxygen atoms in total. The van der Waals surface area contributed by atoms with E-state index in [4.69, 9.17) is 0 Å². The van der Waals surface area contributed by atoms with Gasteiger partial charge in [-0.2, -0.15) is 5.10 Å². The van der Waals surface area contributed by atoms with Gasteiger partial charge in [0.1, 0.15) is 5.69 Å². The Morgan fingerprint density at radius 3 is 2.94 bits per heavy atom. The Hall–Kier alpha value is -1.94. The van der Waals surface area contributed by atoms with Crippen LogP contribution in [0.4, 0.5) is 0 Å². The molecule has 0 aliphatic carbocycles. The van der Waals surface area contributed by atoms with Crippen molar-refractivity contribution < 1.29 is 4.79 Å². The van der Waals surface area contributed by atoms with E-state index in [9.17, 15) is 4.79 Å². The highest BCUT2D eigenvalue weighted by atomic mass is 32.1. The molecule has 0 aliphatic heterocycles. The summed E-state index contributed by atoms with van der Waals surface area (Å²) in [6.45, 7) is 0. The molecule has 0 unspecified atom stereocenters. The van der Waals surface area contributed by atoms with Gasteiger partial charge in [-0.1, -0.05) is 12.1 Å². The fraction of sp³-hybridized carbons (Fsp3) is 0.0769. The summed E-state index contributed by atoms with van der Waals surface area (Å²) in [5, 5.41) is 7.15. The second-order valence-electron chi connectivity index (χ2n) is 3.81. The normalized spacial score (nSPS) is 10.9. The van der Waals surface area contributed by atoms with Crippen LogP contribution in [0.15, 0.2) is 41.9 Å². The molecule has 4 heteroatoms. The van der Waals surface area contributed by atoms with Crippen LogP contribution in [0.5, 0.6) is 0 Å². The number of benzene rings is 1. The van der Waals surface area contributed by atoms with Crippen molar-refractivity contribution >= 4 is 27.2 Å². The maximum Gasteiger partial charge on any atom is 0.212 e. The van der Waals surface area contributed by atoms with E-state index in [2.05, 4.69) is 5.10 Å². The number of carbonyl (C=O) groups is 1. The molecule has 17 heavy (non-hydrogen) atoms. The van der Waals surface area contributed by atoms with Crippen molar-refractivity contribution in [3.63, 3.8) is 0 Å². The molecule has 0 atom stereocenters. The average molecular weight is 242 g/mol. The lowest BCUT2D eigenvalue weighted by molar-refractivity contribution is 0.103. The Balaban J connectivity index is 2.19. The first kappa shape index (κ1) is 10.2. The van der Waals surface area contributed by atoms with Gasteiger partial charge >= 0.3 is 0 Å². The standard InChI is InChI=1S/C13H10N2OS/c1-15-11(5-7-14-15)12(16)10-4-2-3-9-6-8-17-13(9)10/h2-8H,1H3. The number of rotatable bonds is 2. The summed E-state index contributed by atoms with van der Waals surface area (Å²) in [5.41, 5.74) is 1.37. The number of hydrogen-bond acceptors (Lipinski definition) is 3. The zero-order valence-electron chi connectivity index (χ0n) is 9.25. The van der Waals surface area contributed by atoms with Gasteiger partial charge < -0.3 is 0 Å². The van der Waals surface area contributed by atoms with Crippen LogP contribution < -0.4 is 0 Å². The highest BCUT2D eigenvalue weighted by Crippen LogP contribution is 2.26. The van der Waals surface area contributed by atoms with Crippen LogP contribution in [0.3, 0.4) is 0 Å².